The van der Waals surface area contributed by atoms with Crippen molar-refractivity contribution in [2.24, 2.45) is 5.73 Å². The Kier molecular flexibility index (Phi) is 5.33. The number of thiocarbonyl (C=S) groups is 1. The predicted molar refractivity (Wildman–Crippen MR) is 45.9 cm³/mol. The summed E-state index contributed by atoms with van der Waals surface area (Å²) in [5, 5.41) is 0. The van der Waals surface area contributed by atoms with Crippen LogP contribution in [0, 0.1) is 0 Å². The molecule has 0 unspecified atom stereocenters. The second-order valence-electron chi connectivity index (χ2n) is 1.49. The topological polar surface area (TPSA) is 52.3 Å². The molecule has 0 heterocycles. The van der Waals surface area contributed by atoms with Crippen LogP contribution in [0.15, 0.2) is 0 Å². The van der Waals surface area contributed by atoms with Crippen molar-refractivity contribution in [1.82, 2.24) is 0 Å². The molecule has 0 amide bonds. The van der Waals surface area contributed by atoms with Crippen LogP contribution in [0.2, 0.25) is 0 Å². The van der Waals surface area contributed by atoms with Crippen LogP contribution >= 0.6 is 24.0 Å². The lowest BCUT2D eigenvalue weighted by atomic mass is 10.5. The summed E-state index contributed by atoms with van der Waals surface area (Å²) in [6, 6.07) is 0. The van der Waals surface area contributed by atoms with Crippen LogP contribution in [0.3, 0.4) is 0 Å². The molecule has 0 aliphatic carbocycles. The SMILES string of the molecule is COC(=O)CCSC(N)=S. The molecule has 0 saturated carbocycles. The van der Waals surface area contributed by atoms with Crippen molar-refractivity contribution in [3.05, 3.63) is 0 Å². The van der Waals surface area contributed by atoms with E-state index in [1.54, 1.807) is 0 Å². The fourth-order valence-corrected chi connectivity index (χ4v) is 1.06. The van der Waals surface area contributed by atoms with E-state index in [2.05, 4.69) is 17.0 Å². The van der Waals surface area contributed by atoms with Crippen LogP contribution in [-0.2, 0) is 9.53 Å². The fraction of sp³-hybridized carbons (Fsp3) is 0.600. The van der Waals surface area contributed by atoms with E-state index in [0.717, 1.165) is 0 Å². The molecule has 58 valence electrons. The summed E-state index contributed by atoms with van der Waals surface area (Å²) in [7, 11) is 1.35. The largest absolute Gasteiger partial charge is 0.469 e. The Morgan fingerprint density at radius 1 is 1.80 bits per heavy atom. The van der Waals surface area contributed by atoms with Crippen molar-refractivity contribution in [3.8, 4) is 0 Å². The Hall–Kier alpha value is -0.290. The van der Waals surface area contributed by atoms with Gasteiger partial charge in [-0.2, -0.15) is 0 Å². The maximum absolute atomic E-state index is 10.5. The Morgan fingerprint density at radius 3 is 2.80 bits per heavy atom. The summed E-state index contributed by atoms with van der Waals surface area (Å²) in [6.45, 7) is 0. The summed E-state index contributed by atoms with van der Waals surface area (Å²) in [5.41, 5.74) is 5.16. The lowest BCUT2D eigenvalue weighted by molar-refractivity contribution is -0.140. The predicted octanol–water partition coefficient (Wildman–Crippen LogP) is 0.526. The quantitative estimate of drug-likeness (QED) is 0.506. The molecule has 0 atom stereocenters. The van der Waals surface area contributed by atoms with Crippen molar-refractivity contribution in [2.45, 2.75) is 6.42 Å². The van der Waals surface area contributed by atoms with E-state index in [9.17, 15) is 4.79 Å². The van der Waals surface area contributed by atoms with Crippen LogP contribution < -0.4 is 5.73 Å². The average molecular weight is 179 g/mol. The number of methoxy groups -OCH3 is 1. The van der Waals surface area contributed by atoms with Gasteiger partial charge < -0.3 is 10.5 Å². The van der Waals surface area contributed by atoms with Crippen molar-refractivity contribution < 1.29 is 9.53 Å². The number of thioether (sulfide) groups is 1. The van der Waals surface area contributed by atoms with E-state index in [0.29, 0.717) is 16.5 Å². The van der Waals surface area contributed by atoms with Gasteiger partial charge in [-0.3, -0.25) is 4.79 Å². The Morgan fingerprint density at radius 2 is 2.40 bits per heavy atom. The zero-order valence-corrected chi connectivity index (χ0v) is 7.26. The lowest BCUT2D eigenvalue weighted by Crippen LogP contribution is -2.06. The van der Waals surface area contributed by atoms with Gasteiger partial charge in [0.2, 0.25) is 0 Å². The molecular weight excluding hydrogens is 170 g/mol. The number of rotatable bonds is 3. The zero-order chi connectivity index (χ0) is 7.98. The molecule has 0 spiro atoms. The molecule has 0 aliphatic rings. The van der Waals surface area contributed by atoms with Gasteiger partial charge in [-0.1, -0.05) is 24.0 Å². The van der Waals surface area contributed by atoms with Gasteiger partial charge in [-0.05, 0) is 0 Å². The van der Waals surface area contributed by atoms with Gasteiger partial charge in [0.1, 0.15) is 4.32 Å². The highest BCUT2D eigenvalue weighted by molar-refractivity contribution is 8.22. The molecule has 10 heavy (non-hydrogen) atoms. The average Bonchev–Trinajstić information content (AvgIpc) is 1.87. The number of nitrogens with two attached hydrogens (primary N) is 1. The van der Waals surface area contributed by atoms with Crippen LogP contribution in [0.1, 0.15) is 6.42 Å². The summed E-state index contributed by atoms with van der Waals surface area (Å²) >= 11 is 5.86. The molecule has 2 N–H and O–H groups in total. The smallest absolute Gasteiger partial charge is 0.306 e. The van der Waals surface area contributed by atoms with Crippen molar-refractivity contribution in [3.63, 3.8) is 0 Å². The van der Waals surface area contributed by atoms with Gasteiger partial charge in [0, 0.05) is 5.75 Å². The zero-order valence-electron chi connectivity index (χ0n) is 5.62. The first-order chi connectivity index (χ1) is 4.66. The molecule has 0 fully saturated rings. The molecule has 0 rings (SSSR count). The highest BCUT2D eigenvalue weighted by atomic mass is 32.2. The Labute approximate surface area is 69.3 Å². The molecule has 0 aliphatic heterocycles. The molecule has 0 saturated heterocycles. The molecule has 0 aromatic carbocycles. The van der Waals surface area contributed by atoms with E-state index in [1.165, 1.54) is 18.9 Å². The molecule has 0 bridgehead atoms. The first-order valence-electron chi connectivity index (χ1n) is 2.66. The van der Waals surface area contributed by atoms with Crippen LogP contribution in [0.4, 0.5) is 0 Å². The van der Waals surface area contributed by atoms with E-state index in [-0.39, 0.29) is 5.97 Å². The summed E-state index contributed by atoms with van der Waals surface area (Å²) in [5.74, 6) is 0.367. The molecule has 3 nitrogen and oxygen atoms in total. The van der Waals surface area contributed by atoms with Gasteiger partial charge in [0.05, 0.1) is 13.5 Å². The van der Waals surface area contributed by atoms with Crippen LogP contribution in [-0.4, -0.2) is 23.2 Å². The second kappa shape index (κ2) is 5.49. The van der Waals surface area contributed by atoms with E-state index in [4.69, 9.17) is 5.73 Å². The monoisotopic (exact) mass is 179 g/mol. The van der Waals surface area contributed by atoms with Gasteiger partial charge in [0.25, 0.3) is 0 Å². The summed E-state index contributed by atoms with van der Waals surface area (Å²) in [6.07, 6.45) is 0.360. The van der Waals surface area contributed by atoms with Gasteiger partial charge in [-0.25, -0.2) is 0 Å². The first-order valence-corrected chi connectivity index (χ1v) is 4.05. The van der Waals surface area contributed by atoms with Gasteiger partial charge in [-0.15, -0.1) is 0 Å². The fourth-order valence-electron chi connectivity index (χ4n) is 0.337. The molecule has 0 aromatic rings. The minimum Gasteiger partial charge on any atom is -0.469 e. The van der Waals surface area contributed by atoms with E-state index < -0.39 is 0 Å². The van der Waals surface area contributed by atoms with Gasteiger partial charge in [0.15, 0.2) is 0 Å². The molecule has 0 aromatic heterocycles. The Balaban J connectivity index is 3.20. The molecule has 5 heteroatoms. The third-order valence-electron chi connectivity index (χ3n) is 0.778. The van der Waals surface area contributed by atoms with Crippen LogP contribution in [0.25, 0.3) is 0 Å². The van der Waals surface area contributed by atoms with E-state index in [1.807, 2.05) is 0 Å². The minimum atomic E-state index is -0.233. The Bertz CT molecular complexity index is 138. The van der Waals surface area contributed by atoms with Crippen molar-refractivity contribution >= 4 is 34.3 Å². The van der Waals surface area contributed by atoms with Gasteiger partial charge >= 0.3 is 5.97 Å². The van der Waals surface area contributed by atoms with Crippen LogP contribution in [0.5, 0.6) is 0 Å². The third kappa shape index (κ3) is 5.84. The standard InChI is InChI=1S/C5H9NO2S2/c1-8-4(7)2-3-10-5(6)9/h2-3H2,1H3,(H2,6,9). The summed E-state index contributed by atoms with van der Waals surface area (Å²) < 4.78 is 4.76. The summed E-state index contributed by atoms with van der Waals surface area (Å²) in [4.78, 5) is 10.5. The normalized spacial score (nSPS) is 8.90. The lowest BCUT2D eigenvalue weighted by Gasteiger charge is -1.96. The van der Waals surface area contributed by atoms with Crippen molar-refractivity contribution in [1.29, 1.82) is 0 Å². The van der Waals surface area contributed by atoms with E-state index >= 15 is 0 Å². The molecule has 0 radical (unpaired) electrons. The number of carbonyl (C=O) groups is 1. The number of carbonyl (C=O) groups excluding carboxylic acids is 1. The molecular formula is C5H9NO2S2. The second-order valence-corrected chi connectivity index (χ2v) is 3.33. The number of ether oxygens (including phenoxy) is 1. The highest BCUT2D eigenvalue weighted by Crippen LogP contribution is 2.01. The first kappa shape index (κ1) is 9.71. The third-order valence-corrected chi connectivity index (χ3v) is 1.82. The number of hydrogen-bond acceptors (Lipinski definition) is 4. The maximum Gasteiger partial charge on any atom is 0.306 e. The number of hydrogen-bond donors (Lipinski definition) is 1. The highest BCUT2D eigenvalue weighted by Gasteiger charge is 1.99. The maximum atomic E-state index is 10.5. The van der Waals surface area contributed by atoms with Crippen molar-refractivity contribution in [2.75, 3.05) is 12.9 Å². The number of esters is 1. The minimum absolute atomic E-state index is 0.233.